The Bertz CT molecular complexity index is 1110. The molecule has 4 heterocycles. The lowest BCUT2D eigenvalue weighted by molar-refractivity contribution is 0.341. The first-order chi connectivity index (χ1) is 13.3. The van der Waals surface area contributed by atoms with Crippen molar-refractivity contribution in [1.82, 2.24) is 24.5 Å². The van der Waals surface area contributed by atoms with E-state index in [-0.39, 0.29) is 5.56 Å². The number of H-pyrrole nitrogens is 1. The zero-order chi connectivity index (χ0) is 18.4. The number of aromatic amines is 1. The molecule has 1 N–H and O–H groups in total. The number of rotatable bonds is 2. The molecule has 1 aliphatic heterocycles. The third-order valence-corrected chi connectivity index (χ3v) is 5.83. The highest BCUT2D eigenvalue weighted by molar-refractivity contribution is 5.80. The number of nitrogens with zero attached hydrogens (tertiary/aromatic N) is 6. The van der Waals surface area contributed by atoms with Crippen LogP contribution in [0.1, 0.15) is 37.7 Å². The number of hydrogen-bond acceptors (Lipinski definition) is 6. The Morgan fingerprint density at radius 2 is 2.11 bits per heavy atom. The Morgan fingerprint density at radius 1 is 1.22 bits per heavy atom. The summed E-state index contributed by atoms with van der Waals surface area (Å²) in [6.07, 6.45) is 10.7. The predicted molar refractivity (Wildman–Crippen MR) is 99.7 cm³/mol. The Morgan fingerprint density at radius 3 is 3.00 bits per heavy atom. The second-order valence-electron chi connectivity index (χ2n) is 7.25. The Hall–Kier alpha value is -3.21. The molecule has 3 aromatic heterocycles. The van der Waals surface area contributed by atoms with Gasteiger partial charge in [0, 0.05) is 31.0 Å². The quantitative estimate of drug-likeness (QED) is 0.750. The minimum absolute atomic E-state index is 0.319. The molecule has 8 heteroatoms. The van der Waals surface area contributed by atoms with Crippen LogP contribution in [0.25, 0.3) is 17.0 Å². The van der Waals surface area contributed by atoms with E-state index in [0.717, 1.165) is 12.5 Å². The topological polar surface area (TPSA) is 103 Å². The molecule has 0 spiro atoms. The average molecular weight is 361 g/mol. The SMILES string of the molecule is N#Cc1c[nH]c2ncc(=O)n(-c3ccnc(N4CCC5CCCCC54)n3)c12. The molecule has 2 fully saturated rings. The van der Waals surface area contributed by atoms with Gasteiger partial charge in [-0.05, 0) is 25.2 Å². The maximum Gasteiger partial charge on any atom is 0.275 e. The highest BCUT2D eigenvalue weighted by atomic mass is 16.1. The standard InChI is InChI=1S/C19H19N7O/c20-9-13-10-22-18-17(13)26(16(27)11-23-18)15-5-7-21-19(24-15)25-8-6-12-3-1-2-4-14(12)25/h5,7,10-12,14,22H,1-4,6,8H2. The van der Waals surface area contributed by atoms with Gasteiger partial charge in [0.25, 0.3) is 5.56 Å². The normalized spacial score (nSPS) is 22.0. The van der Waals surface area contributed by atoms with Crippen LogP contribution in [-0.4, -0.2) is 37.1 Å². The number of fused-ring (bicyclic) bond motifs is 2. The summed E-state index contributed by atoms with van der Waals surface area (Å²) in [5.74, 6) is 1.84. The zero-order valence-electron chi connectivity index (χ0n) is 14.8. The van der Waals surface area contributed by atoms with E-state index in [9.17, 15) is 10.1 Å². The first-order valence-electron chi connectivity index (χ1n) is 9.35. The lowest BCUT2D eigenvalue weighted by atomic mass is 9.85. The van der Waals surface area contributed by atoms with Gasteiger partial charge in [-0.15, -0.1) is 0 Å². The number of aromatic nitrogens is 5. The largest absolute Gasteiger partial charge is 0.343 e. The van der Waals surface area contributed by atoms with E-state index in [0.29, 0.717) is 34.5 Å². The summed E-state index contributed by atoms with van der Waals surface area (Å²) >= 11 is 0. The summed E-state index contributed by atoms with van der Waals surface area (Å²) in [6.45, 7) is 0.951. The van der Waals surface area contributed by atoms with Gasteiger partial charge in [0.15, 0.2) is 5.65 Å². The van der Waals surface area contributed by atoms with Gasteiger partial charge in [-0.1, -0.05) is 12.8 Å². The minimum atomic E-state index is -0.319. The van der Waals surface area contributed by atoms with Crippen molar-refractivity contribution in [2.24, 2.45) is 5.92 Å². The van der Waals surface area contributed by atoms with Crippen LogP contribution in [0.4, 0.5) is 5.95 Å². The van der Waals surface area contributed by atoms with Crippen molar-refractivity contribution < 1.29 is 0 Å². The maximum absolute atomic E-state index is 12.6. The molecule has 2 unspecified atom stereocenters. The average Bonchev–Trinajstić information content (AvgIpc) is 3.32. The van der Waals surface area contributed by atoms with Gasteiger partial charge in [0.05, 0.1) is 11.8 Å². The molecule has 1 saturated heterocycles. The van der Waals surface area contributed by atoms with E-state index in [1.165, 1.54) is 42.9 Å². The summed E-state index contributed by atoms with van der Waals surface area (Å²) in [7, 11) is 0. The second-order valence-corrected chi connectivity index (χ2v) is 7.25. The zero-order valence-corrected chi connectivity index (χ0v) is 14.8. The highest BCUT2D eigenvalue weighted by Gasteiger charge is 2.37. The molecule has 0 amide bonds. The van der Waals surface area contributed by atoms with E-state index in [1.807, 2.05) is 0 Å². The predicted octanol–water partition coefficient (Wildman–Crippen LogP) is 2.14. The van der Waals surface area contributed by atoms with Crippen LogP contribution < -0.4 is 10.5 Å². The first-order valence-corrected chi connectivity index (χ1v) is 9.35. The fourth-order valence-corrected chi connectivity index (χ4v) is 4.59. The van der Waals surface area contributed by atoms with Crippen molar-refractivity contribution >= 4 is 17.1 Å². The molecule has 0 bridgehead atoms. The minimum Gasteiger partial charge on any atom is -0.343 e. The molecule has 2 atom stereocenters. The summed E-state index contributed by atoms with van der Waals surface area (Å²) in [5, 5.41) is 9.39. The fraction of sp³-hybridized carbons (Fsp3) is 0.421. The lowest BCUT2D eigenvalue weighted by Crippen LogP contribution is -2.36. The van der Waals surface area contributed by atoms with Crippen molar-refractivity contribution in [3.8, 4) is 11.9 Å². The summed E-state index contributed by atoms with van der Waals surface area (Å²) in [4.78, 5) is 31.1. The number of nitriles is 1. The molecule has 8 nitrogen and oxygen atoms in total. The van der Waals surface area contributed by atoms with Crippen LogP contribution in [0.2, 0.25) is 0 Å². The smallest absolute Gasteiger partial charge is 0.275 e. The number of nitrogens with one attached hydrogen (secondary N) is 1. The van der Waals surface area contributed by atoms with Gasteiger partial charge in [-0.3, -0.25) is 9.36 Å². The van der Waals surface area contributed by atoms with E-state index < -0.39 is 0 Å². The highest BCUT2D eigenvalue weighted by Crippen LogP contribution is 2.37. The number of hydrogen-bond donors (Lipinski definition) is 1. The van der Waals surface area contributed by atoms with Gasteiger partial charge < -0.3 is 9.88 Å². The molecule has 0 radical (unpaired) electrons. The van der Waals surface area contributed by atoms with Gasteiger partial charge in [0.2, 0.25) is 5.95 Å². The van der Waals surface area contributed by atoms with Gasteiger partial charge in [0.1, 0.15) is 17.4 Å². The van der Waals surface area contributed by atoms with Crippen molar-refractivity contribution in [1.29, 1.82) is 5.26 Å². The molecule has 1 saturated carbocycles. The molecule has 5 rings (SSSR count). The van der Waals surface area contributed by atoms with Gasteiger partial charge >= 0.3 is 0 Å². The maximum atomic E-state index is 12.6. The van der Waals surface area contributed by atoms with Crippen molar-refractivity contribution in [3.63, 3.8) is 0 Å². The molecule has 0 aromatic carbocycles. The molecule has 136 valence electrons. The third kappa shape index (κ3) is 2.50. The monoisotopic (exact) mass is 361 g/mol. The van der Waals surface area contributed by atoms with Crippen molar-refractivity contribution in [2.75, 3.05) is 11.4 Å². The number of anilines is 1. The summed E-state index contributed by atoms with van der Waals surface area (Å²) < 4.78 is 1.44. The first kappa shape index (κ1) is 16.0. The van der Waals surface area contributed by atoms with Crippen molar-refractivity contribution in [3.05, 3.63) is 40.6 Å². The van der Waals surface area contributed by atoms with Crippen molar-refractivity contribution in [2.45, 2.75) is 38.1 Å². The molecular formula is C19H19N7O. The van der Waals surface area contributed by atoms with E-state index >= 15 is 0 Å². The second kappa shape index (κ2) is 6.20. The Kier molecular flexibility index (Phi) is 3.67. The molecular weight excluding hydrogens is 342 g/mol. The van der Waals surface area contributed by atoms with E-state index in [4.69, 9.17) is 4.98 Å². The van der Waals surface area contributed by atoms with Crippen LogP contribution in [0.5, 0.6) is 0 Å². The summed E-state index contributed by atoms with van der Waals surface area (Å²) in [6, 6.07) is 4.30. The van der Waals surface area contributed by atoms with Crippen LogP contribution in [0, 0.1) is 17.2 Å². The third-order valence-electron chi connectivity index (χ3n) is 5.83. The van der Waals surface area contributed by atoms with Gasteiger partial charge in [-0.25, -0.2) is 9.97 Å². The van der Waals surface area contributed by atoms with Crippen LogP contribution in [-0.2, 0) is 0 Å². The summed E-state index contributed by atoms with van der Waals surface area (Å²) in [5.41, 5.74) is 0.982. The molecule has 27 heavy (non-hydrogen) atoms. The Labute approximate surface area is 155 Å². The lowest BCUT2D eigenvalue weighted by Gasteiger charge is -2.31. The van der Waals surface area contributed by atoms with Gasteiger partial charge in [-0.2, -0.15) is 10.2 Å². The van der Waals surface area contributed by atoms with Crippen LogP contribution in [0.3, 0.4) is 0 Å². The fourth-order valence-electron chi connectivity index (χ4n) is 4.59. The van der Waals surface area contributed by atoms with E-state index in [2.05, 4.69) is 25.9 Å². The van der Waals surface area contributed by atoms with Crippen LogP contribution in [0.15, 0.2) is 29.5 Å². The van der Waals surface area contributed by atoms with Crippen LogP contribution >= 0.6 is 0 Å². The molecule has 2 aliphatic rings. The molecule has 1 aliphatic carbocycles. The molecule has 3 aromatic rings. The van der Waals surface area contributed by atoms with E-state index in [1.54, 1.807) is 18.5 Å². The Balaban J connectivity index is 1.62.